The van der Waals surface area contributed by atoms with E-state index in [1.54, 1.807) is 37.1 Å². The molecule has 0 unspecified atom stereocenters. The lowest BCUT2D eigenvalue weighted by atomic mass is 10.0. The zero-order valence-electron chi connectivity index (χ0n) is 21.8. The second-order valence-corrected chi connectivity index (χ2v) is 8.43. The minimum Gasteiger partial charge on any atom is -0.379 e. The van der Waals surface area contributed by atoms with Crippen molar-refractivity contribution < 1.29 is 14.3 Å². The van der Waals surface area contributed by atoms with Crippen LogP contribution in [-0.2, 0) is 9.53 Å². The summed E-state index contributed by atoms with van der Waals surface area (Å²) in [4.78, 5) is 26.1. The molecule has 2 aromatic carbocycles. The third-order valence-electron chi connectivity index (χ3n) is 4.80. The number of morpholine rings is 1. The number of hydrogen-bond acceptors (Lipinski definition) is 5. The van der Waals surface area contributed by atoms with E-state index >= 15 is 0 Å². The largest absolute Gasteiger partial charge is 0.379 e. The van der Waals surface area contributed by atoms with Gasteiger partial charge < -0.3 is 4.74 Å². The van der Waals surface area contributed by atoms with Crippen molar-refractivity contribution in [2.45, 2.75) is 46.4 Å². The van der Waals surface area contributed by atoms with Crippen LogP contribution < -0.4 is 10.9 Å². The first-order chi connectivity index (χ1) is 16.9. The Balaban J connectivity index is 0.00000145. The molecule has 7 heteroatoms. The van der Waals surface area contributed by atoms with E-state index in [2.05, 4.69) is 21.7 Å². The number of hydrazine groups is 1. The number of rotatable bonds is 6. The van der Waals surface area contributed by atoms with Gasteiger partial charge in [0.05, 0.1) is 13.2 Å². The zero-order chi connectivity index (χ0) is 26.2. The van der Waals surface area contributed by atoms with Gasteiger partial charge in [-0.1, -0.05) is 58.5 Å². The molecule has 6 nitrogen and oxygen atoms in total. The molecule has 1 aliphatic rings. The summed E-state index contributed by atoms with van der Waals surface area (Å²) < 4.78 is 7.59. The summed E-state index contributed by atoms with van der Waals surface area (Å²) in [6, 6.07) is 15.0. The number of aryl methyl sites for hydroxylation is 1. The Labute approximate surface area is 214 Å². The summed E-state index contributed by atoms with van der Waals surface area (Å²) in [7, 11) is 0. The van der Waals surface area contributed by atoms with Gasteiger partial charge in [-0.2, -0.15) is 0 Å². The van der Waals surface area contributed by atoms with E-state index < -0.39 is 5.91 Å². The van der Waals surface area contributed by atoms with Crippen LogP contribution in [0.15, 0.2) is 71.2 Å². The van der Waals surface area contributed by atoms with E-state index in [0.717, 1.165) is 42.3 Å². The number of ether oxygens (including phenoxy) is 1. The summed E-state index contributed by atoms with van der Waals surface area (Å²) in [5, 5.41) is 0. The molecule has 2 aromatic rings. The number of nitrogens with one attached hydrogen (secondary N) is 2. The summed E-state index contributed by atoms with van der Waals surface area (Å²) in [6.45, 7) is 18.8. The van der Waals surface area contributed by atoms with Crippen molar-refractivity contribution in [1.29, 1.82) is 0 Å². The van der Waals surface area contributed by atoms with Gasteiger partial charge in [-0.15, -0.1) is 0 Å². The predicted molar refractivity (Wildman–Crippen MR) is 147 cm³/mol. The normalized spacial score (nSPS) is 13.4. The van der Waals surface area contributed by atoms with Crippen LogP contribution in [0, 0.1) is 6.92 Å². The van der Waals surface area contributed by atoms with Crippen LogP contribution in [0.1, 0.15) is 56.1 Å². The number of hydrogen-bond donors (Lipinski definition) is 2. The molecule has 0 radical (unpaired) electrons. The van der Waals surface area contributed by atoms with Gasteiger partial charge in [-0.05, 0) is 72.8 Å². The van der Waals surface area contributed by atoms with Crippen molar-refractivity contribution in [3.63, 3.8) is 0 Å². The minimum absolute atomic E-state index is 0.381. The van der Waals surface area contributed by atoms with E-state index in [1.807, 2.05) is 71.0 Å². The summed E-state index contributed by atoms with van der Waals surface area (Å²) >= 11 is 1.65. The van der Waals surface area contributed by atoms with Gasteiger partial charge in [-0.3, -0.25) is 20.4 Å². The van der Waals surface area contributed by atoms with E-state index in [9.17, 15) is 9.59 Å². The van der Waals surface area contributed by atoms with Crippen LogP contribution in [0.2, 0.25) is 0 Å². The maximum Gasteiger partial charge on any atom is 0.269 e. The molecule has 0 spiro atoms. The van der Waals surface area contributed by atoms with Crippen LogP contribution in [0.25, 0.3) is 6.08 Å². The lowest BCUT2D eigenvalue weighted by molar-refractivity contribution is -0.117. The van der Waals surface area contributed by atoms with Crippen molar-refractivity contribution >= 4 is 29.8 Å². The third kappa shape index (κ3) is 10.1. The maximum atomic E-state index is 12.6. The van der Waals surface area contributed by atoms with Gasteiger partial charge in [0.1, 0.15) is 0 Å². The summed E-state index contributed by atoms with van der Waals surface area (Å²) in [5.74, 6) is -0.795. The van der Waals surface area contributed by atoms with Crippen molar-refractivity contribution in [2.24, 2.45) is 0 Å². The predicted octanol–water partition coefficient (Wildman–Crippen LogP) is 5.81. The fourth-order valence-corrected chi connectivity index (χ4v) is 3.88. The quantitative estimate of drug-likeness (QED) is 0.228. The monoisotopic (exact) mass is 497 g/mol. The second-order valence-electron chi connectivity index (χ2n) is 7.26. The first-order valence-corrected chi connectivity index (χ1v) is 12.9. The van der Waals surface area contributed by atoms with Gasteiger partial charge in [0, 0.05) is 29.1 Å². The van der Waals surface area contributed by atoms with Crippen LogP contribution in [-0.4, -0.2) is 42.4 Å². The number of benzene rings is 2. The molecule has 2 amide bonds. The molecule has 35 heavy (non-hydrogen) atoms. The number of carbonyl (C=O) groups excluding carboxylic acids is 2. The lowest BCUT2D eigenvalue weighted by Gasteiger charge is -2.25. The standard InChI is InChI=1S/C24H27N3O3S.2C2H6/c1-17(2)22(16-20-7-5-4-6-18(20)3)24(29)26-25-23(28)19-8-10-21(11-9-19)31-27-12-14-30-15-13-27;2*1-2/h4-11,16H,1,12-15H2,2-3H3,(H,25,28)(H,26,29);2*1-2H3/b22-16+;;. The topological polar surface area (TPSA) is 70.7 Å². The SMILES string of the molecule is C=C(C)/C(=C\c1ccccc1C)C(=O)NNC(=O)c1ccc(SN2CCOCC2)cc1.CC.CC. The highest BCUT2D eigenvalue weighted by Gasteiger charge is 2.14. The third-order valence-corrected chi connectivity index (χ3v) is 5.91. The van der Waals surface area contributed by atoms with E-state index in [-0.39, 0.29) is 5.91 Å². The van der Waals surface area contributed by atoms with Crippen molar-refractivity contribution in [3.8, 4) is 0 Å². The minimum atomic E-state index is -0.413. The highest BCUT2D eigenvalue weighted by atomic mass is 32.2. The molecule has 190 valence electrons. The van der Waals surface area contributed by atoms with Crippen molar-refractivity contribution in [1.82, 2.24) is 15.2 Å². The maximum absolute atomic E-state index is 12.6. The number of carbonyl (C=O) groups is 2. The van der Waals surface area contributed by atoms with Crippen LogP contribution in [0.3, 0.4) is 0 Å². The van der Waals surface area contributed by atoms with Gasteiger partial charge in [0.15, 0.2) is 0 Å². The molecule has 0 bridgehead atoms. The first-order valence-electron chi connectivity index (χ1n) is 12.1. The van der Waals surface area contributed by atoms with E-state index in [1.165, 1.54) is 0 Å². The lowest BCUT2D eigenvalue weighted by Crippen LogP contribution is -2.42. The molecular weight excluding hydrogens is 458 g/mol. The van der Waals surface area contributed by atoms with Gasteiger partial charge >= 0.3 is 0 Å². The van der Waals surface area contributed by atoms with E-state index in [0.29, 0.717) is 16.7 Å². The Morgan fingerprint density at radius 1 is 0.971 bits per heavy atom. The van der Waals surface area contributed by atoms with Gasteiger partial charge in [0.2, 0.25) is 0 Å². The highest BCUT2D eigenvalue weighted by Crippen LogP contribution is 2.23. The van der Waals surface area contributed by atoms with Gasteiger partial charge in [-0.25, -0.2) is 4.31 Å². The van der Waals surface area contributed by atoms with Crippen LogP contribution >= 0.6 is 11.9 Å². The molecule has 1 fully saturated rings. The molecule has 1 saturated heterocycles. The first kappa shape index (κ1) is 30.2. The fraction of sp³-hybridized carbons (Fsp3) is 0.357. The molecule has 0 atom stereocenters. The molecule has 0 aromatic heterocycles. The average Bonchev–Trinajstić information content (AvgIpc) is 2.90. The molecule has 2 N–H and O–H groups in total. The Bertz CT molecular complexity index is 981. The Morgan fingerprint density at radius 3 is 2.14 bits per heavy atom. The van der Waals surface area contributed by atoms with Crippen LogP contribution in [0.4, 0.5) is 0 Å². The average molecular weight is 498 g/mol. The molecule has 1 heterocycles. The molecule has 3 rings (SSSR count). The summed E-state index contributed by atoms with van der Waals surface area (Å²) in [6.07, 6.45) is 1.77. The molecule has 0 saturated carbocycles. The Morgan fingerprint density at radius 2 is 1.57 bits per heavy atom. The van der Waals surface area contributed by atoms with Crippen molar-refractivity contribution in [2.75, 3.05) is 26.3 Å². The molecular formula is C28H39N3O3S. The smallest absolute Gasteiger partial charge is 0.269 e. The van der Waals surface area contributed by atoms with Gasteiger partial charge in [0.25, 0.3) is 11.8 Å². The Hall–Kier alpha value is -2.87. The highest BCUT2D eigenvalue weighted by molar-refractivity contribution is 7.97. The fourth-order valence-electron chi connectivity index (χ4n) is 2.99. The van der Waals surface area contributed by atoms with E-state index in [4.69, 9.17) is 4.74 Å². The van der Waals surface area contributed by atoms with Crippen LogP contribution in [0.5, 0.6) is 0 Å². The Kier molecular flexibility index (Phi) is 14.4. The number of amides is 2. The van der Waals surface area contributed by atoms with Crippen molar-refractivity contribution in [3.05, 3.63) is 82.9 Å². The molecule has 1 aliphatic heterocycles. The zero-order valence-corrected chi connectivity index (χ0v) is 22.6. The molecule has 0 aliphatic carbocycles. The summed E-state index contributed by atoms with van der Waals surface area (Å²) in [5.41, 5.74) is 8.43. The second kappa shape index (κ2) is 16.7. The number of nitrogens with zero attached hydrogens (tertiary/aromatic N) is 1.